The highest BCUT2D eigenvalue weighted by Crippen LogP contribution is 2.37. The van der Waals surface area contributed by atoms with Crippen LogP contribution in [-0.4, -0.2) is 33.4 Å². The van der Waals surface area contributed by atoms with Crippen LogP contribution in [0.15, 0.2) is 46.0 Å². The molecule has 2 aromatic carbocycles. The molecule has 3 rings (SSSR count). The lowest BCUT2D eigenvalue weighted by Gasteiger charge is -2.14. The zero-order valence-corrected chi connectivity index (χ0v) is 20.8. The maximum absolute atomic E-state index is 13.1. The summed E-state index contributed by atoms with van der Waals surface area (Å²) in [5.41, 5.74) is 4.20. The van der Waals surface area contributed by atoms with Gasteiger partial charge in [0.15, 0.2) is 11.5 Å². The summed E-state index contributed by atoms with van der Waals surface area (Å²) >= 11 is 3.47. The molecule has 0 spiro atoms. The van der Waals surface area contributed by atoms with Crippen molar-refractivity contribution in [1.29, 1.82) is 0 Å². The number of nitrogens with one attached hydrogen (secondary N) is 1. The lowest BCUT2D eigenvalue weighted by Crippen LogP contribution is -2.24. The van der Waals surface area contributed by atoms with Crippen LogP contribution in [-0.2, 0) is 17.9 Å². The second-order valence-corrected chi connectivity index (χ2v) is 8.26. The standard InChI is InChI=1S/C23H23BrFN5O5/c1-4-34-20-10-17(9-19(24)23(20)35-13-16-5-7-18(25)8-6-16)11-26-27-21(31)12-29-15(3)22(30(32)33)14(2)28-29/h5-11H,4,12-13H2,1-3H3,(H,27,31). The Kier molecular flexibility index (Phi) is 8.53. The minimum atomic E-state index is -0.523. The van der Waals surface area contributed by atoms with Crippen molar-refractivity contribution in [2.45, 2.75) is 33.9 Å². The first kappa shape index (κ1) is 25.8. The van der Waals surface area contributed by atoms with Crippen LogP contribution in [0.4, 0.5) is 10.1 Å². The summed E-state index contributed by atoms with van der Waals surface area (Å²) in [4.78, 5) is 22.8. The molecule has 0 aliphatic heterocycles. The first-order valence-corrected chi connectivity index (χ1v) is 11.3. The highest BCUT2D eigenvalue weighted by molar-refractivity contribution is 9.10. The fourth-order valence-electron chi connectivity index (χ4n) is 3.26. The molecule has 0 unspecified atom stereocenters. The smallest absolute Gasteiger partial charge is 0.312 e. The molecule has 0 aliphatic rings. The third-order valence-corrected chi connectivity index (χ3v) is 5.44. The normalized spacial score (nSPS) is 11.0. The van der Waals surface area contributed by atoms with Gasteiger partial charge in [-0.3, -0.25) is 19.6 Å². The number of nitrogens with zero attached hydrogens (tertiary/aromatic N) is 4. The van der Waals surface area contributed by atoms with Crippen LogP contribution in [0.3, 0.4) is 0 Å². The number of ether oxygens (including phenoxy) is 2. The van der Waals surface area contributed by atoms with E-state index in [1.807, 2.05) is 6.92 Å². The summed E-state index contributed by atoms with van der Waals surface area (Å²) in [6.45, 7) is 5.27. The molecule has 3 aromatic rings. The molecule has 0 fully saturated rings. The van der Waals surface area contributed by atoms with Crippen LogP contribution < -0.4 is 14.9 Å². The first-order chi connectivity index (χ1) is 16.7. The maximum atomic E-state index is 13.1. The Morgan fingerprint density at radius 1 is 1.29 bits per heavy atom. The lowest BCUT2D eigenvalue weighted by molar-refractivity contribution is -0.386. The summed E-state index contributed by atoms with van der Waals surface area (Å²) in [6.07, 6.45) is 1.43. The van der Waals surface area contributed by atoms with Crippen LogP contribution in [0.5, 0.6) is 11.5 Å². The molecule has 1 aromatic heterocycles. The molecule has 0 saturated carbocycles. The third-order valence-electron chi connectivity index (χ3n) is 4.85. The van der Waals surface area contributed by atoms with Gasteiger partial charge in [0.1, 0.15) is 30.4 Å². The molecule has 10 nitrogen and oxygen atoms in total. The third kappa shape index (κ3) is 6.63. The van der Waals surface area contributed by atoms with Crippen molar-refractivity contribution >= 4 is 33.7 Å². The summed E-state index contributed by atoms with van der Waals surface area (Å²) in [6, 6.07) is 9.44. The summed E-state index contributed by atoms with van der Waals surface area (Å²) in [7, 11) is 0. The Morgan fingerprint density at radius 3 is 2.63 bits per heavy atom. The zero-order valence-electron chi connectivity index (χ0n) is 19.2. The number of nitro groups is 1. The number of carbonyl (C=O) groups excluding carboxylic acids is 1. The maximum Gasteiger partial charge on any atom is 0.312 e. The van der Waals surface area contributed by atoms with Crippen LogP contribution >= 0.6 is 15.9 Å². The number of hydrogen-bond donors (Lipinski definition) is 1. The van der Waals surface area contributed by atoms with Crippen molar-refractivity contribution in [2.24, 2.45) is 5.10 Å². The Balaban J connectivity index is 1.67. The number of rotatable bonds is 10. The van der Waals surface area contributed by atoms with E-state index in [9.17, 15) is 19.3 Å². The summed E-state index contributed by atoms with van der Waals surface area (Å²) in [5, 5.41) is 19.1. The van der Waals surface area contributed by atoms with E-state index in [-0.39, 0.29) is 36.0 Å². The molecule has 0 saturated heterocycles. The molecule has 0 bridgehead atoms. The number of aromatic nitrogens is 2. The minimum Gasteiger partial charge on any atom is -0.490 e. The van der Waals surface area contributed by atoms with Crippen LogP contribution in [0, 0.1) is 29.8 Å². The van der Waals surface area contributed by atoms with E-state index in [1.165, 1.54) is 36.9 Å². The van der Waals surface area contributed by atoms with Gasteiger partial charge in [0, 0.05) is 0 Å². The SMILES string of the molecule is CCOc1cc(C=NNC(=O)Cn2nc(C)c([N+](=O)[O-])c2C)cc(Br)c1OCc1ccc(F)cc1. The fraction of sp³-hybridized carbons (Fsp3) is 0.261. The van der Waals surface area contributed by atoms with Gasteiger partial charge >= 0.3 is 5.69 Å². The van der Waals surface area contributed by atoms with Gasteiger partial charge in [-0.25, -0.2) is 9.82 Å². The molecular formula is C23H23BrFN5O5. The average Bonchev–Trinajstić information content (AvgIpc) is 3.07. The number of benzene rings is 2. The van der Waals surface area contributed by atoms with E-state index in [0.29, 0.717) is 28.1 Å². The minimum absolute atomic E-state index is 0.114. The molecule has 0 atom stereocenters. The Morgan fingerprint density at radius 2 is 2.00 bits per heavy atom. The predicted molar refractivity (Wildman–Crippen MR) is 130 cm³/mol. The second kappa shape index (κ2) is 11.6. The van der Waals surface area contributed by atoms with E-state index in [0.717, 1.165) is 5.56 Å². The van der Waals surface area contributed by atoms with E-state index in [1.54, 1.807) is 24.3 Å². The van der Waals surface area contributed by atoms with E-state index >= 15 is 0 Å². The fourth-order valence-corrected chi connectivity index (χ4v) is 3.83. The van der Waals surface area contributed by atoms with Gasteiger partial charge in [-0.05, 0) is 72.1 Å². The average molecular weight is 548 g/mol. The predicted octanol–water partition coefficient (Wildman–Crippen LogP) is 4.44. The number of amides is 1. The number of hydrogen-bond acceptors (Lipinski definition) is 7. The van der Waals surface area contributed by atoms with Gasteiger partial charge in [0.05, 0.1) is 22.2 Å². The highest BCUT2D eigenvalue weighted by atomic mass is 79.9. The van der Waals surface area contributed by atoms with Crippen molar-refractivity contribution in [3.63, 3.8) is 0 Å². The second-order valence-electron chi connectivity index (χ2n) is 7.41. The van der Waals surface area contributed by atoms with Crippen molar-refractivity contribution in [1.82, 2.24) is 15.2 Å². The van der Waals surface area contributed by atoms with Crippen LogP contribution in [0.2, 0.25) is 0 Å². The number of carbonyl (C=O) groups is 1. The van der Waals surface area contributed by atoms with Gasteiger partial charge in [-0.1, -0.05) is 12.1 Å². The van der Waals surface area contributed by atoms with Crippen molar-refractivity contribution in [2.75, 3.05) is 6.61 Å². The zero-order chi connectivity index (χ0) is 25.5. The van der Waals surface area contributed by atoms with Gasteiger partial charge in [0.25, 0.3) is 5.91 Å². The van der Waals surface area contributed by atoms with Gasteiger partial charge in [-0.15, -0.1) is 0 Å². The lowest BCUT2D eigenvalue weighted by atomic mass is 10.2. The Bertz CT molecular complexity index is 1260. The molecule has 1 N–H and O–H groups in total. The summed E-state index contributed by atoms with van der Waals surface area (Å²) in [5.74, 6) is 0.122. The highest BCUT2D eigenvalue weighted by Gasteiger charge is 2.22. The van der Waals surface area contributed by atoms with Crippen molar-refractivity contribution in [3.8, 4) is 11.5 Å². The van der Waals surface area contributed by atoms with E-state index in [4.69, 9.17) is 9.47 Å². The van der Waals surface area contributed by atoms with Gasteiger partial charge in [0.2, 0.25) is 0 Å². The number of halogens is 2. The van der Waals surface area contributed by atoms with Gasteiger partial charge < -0.3 is 9.47 Å². The Labute approximate surface area is 209 Å². The molecular weight excluding hydrogens is 525 g/mol. The quantitative estimate of drug-likeness (QED) is 0.227. The van der Waals surface area contributed by atoms with Crippen molar-refractivity contribution < 1.29 is 23.6 Å². The molecule has 1 amide bonds. The topological polar surface area (TPSA) is 121 Å². The Hall–Kier alpha value is -3.80. The van der Waals surface area contributed by atoms with Crippen LogP contribution in [0.1, 0.15) is 29.4 Å². The molecule has 0 radical (unpaired) electrons. The molecule has 1 heterocycles. The van der Waals surface area contributed by atoms with Crippen molar-refractivity contribution in [3.05, 3.63) is 79.3 Å². The first-order valence-electron chi connectivity index (χ1n) is 10.5. The molecule has 35 heavy (non-hydrogen) atoms. The number of hydrazone groups is 1. The van der Waals surface area contributed by atoms with E-state index in [2.05, 4.69) is 31.6 Å². The largest absolute Gasteiger partial charge is 0.490 e. The number of aryl methyl sites for hydroxylation is 1. The monoisotopic (exact) mass is 547 g/mol. The van der Waals surface area contributed by atoms with E-state index < -0.39 is 10.8 Å². The molecule has 12 heteroatoms. The summed E-state index contributed by atoms with van der Waals surface area (Å²) < 4.78 is 26.5. The molecule has 184 valence electrons. The van der Waals surface area contributed by atoms with Gasteiger partial charge in [-0.2, -0.15) is 10.2 Å². The van der Waals surface area contributed by atoms with Crippen LogP contribution in [0.25, 0.3) is 0 Å². The molecule has 0 aliphatic carbocycles.